The summed E-state index contributed by atoms with van der Waals surface area (Å²) >= 11 is 0. The van der Waals surface area contributed by atoms with Gasteiger partial charge in [0.1, 0.15) is 5.75 Å². The summed E-state index contributed by atoms with van der Waals surface area (Å²) in [5, 5.41) is 0. The van der Waals surface area contributed by atoms with Gasteiger partial charge in [0, 0.05) is 25.2 Å². The zero-order valence-electron chi connectivity index (χ0n) is 17.9. The van der Waals surface area contributed by atoms with Crippen LogP contribution in [-0.2, 0) is 21.2 Å². The molecule has 3 aromatic rings. The van der Waals surface area contributed by atoms with Crippen molar-refractivity contribution < 1.29 is 13.5 Å². The molecule has 1 aliphatic rings. The molecule has 0 amide bonds. The number of nitrogens with zero attached hydrogens (tertiary/aromatic N) is 1. The molecule has 2 atom stereocenters. The summed E-state index contributed by atoms with van der Waals surface area (Å²) in [6.45, 7) is 4.32. The third kappa shape index (κ3) is 5.22. The number of hydrogen-bond acceptors (Lipinski definition) is 4. The predicted molar refractivity (Wildman–Crippen MR) is 124 cm³/mol. The van der Waals surface area contributed by atoms with Crippen LogP contribution in [-0.4, -0.2) is 35.7 Å². The van der Waals surface area contributed by atoms with E-state index >= 15 is 0 Å². The lowest BCUT2D eigenvalue weighted by molar-refractivity contribution is 0.323. The van der Waals surface area contributed by atoms with Crippen LogP contribution < -0.4 is 9.46 Å². The fourth-order valence-electron chi connectivity index (χ4n) is 4.01. The maximum absolute atomic E-state index is 12.6. The molecule has 1 saturated heterocycles. The Hall–Kier alpha value is -2.51. The lowest BCUT2D eigenvalue weighted by atomic mass is 10.0. The van der Waals surface area contributed by atoms with Crippen LogP contribution in [0.4, 0.5) is 0 Å². The number of benzene rings is 3. The van der Waals surface area contributed by atoms with Crippen LogP contribution in [0.5, 0.6) is 5.75 Å². The van der Waals surface area contributed by atoms with Crippen LogP contribution in [0, 0.1) is 6.92 Å². The van der Waals surface area contributed by atoms with E-state index in [2.05, 4.69) is 40.0 Å². The van der Waals surface area contributed by atoms with E-state index in [1.165, 1.54) is 5.56 Å². The quantitative estimate of drug-likeness (QED) is 0.556. The molecule has 0 spiro atoms. The zero-order chi connectivity index (χ0) is 21.8. The van der Waals surface area contributed by atoms with Crippen LogP contribution in [0.3, 0.4) is 0 Å². The van der Waals surface area contributed by atoms with Crippen LogP contribution >= 0.6 is 0 Å². The van der Waals surface area contributed by atoms with Crippen molar-refractivity contribution in [1.82, 2.24) is 9.62 Å². The number of rotatable bonds is 7. The summed E-state index contributed by atoms with van der Waals surface area (Å²) in [5.74, 6) is 0.860. The van der Waals surface area contributed by atoms with Crippen LogP contribution in [0.25, 0.3) is 11.1 Å². The van der Waals surface area contributed by atoms with Crippen LogP contribution in [0.1, 0.15) is 17.5 Å². The maximum atomic E-state index is 12.6. The molecule has 1 fully saturated rings. The van der Waals surface area contributed by atoms with Gasteiger partial charge in [-0.2, -0.15) is 0 Å². The van der Waals surface area contributed by atoms with E-state index in [0.717, 1.165) is 42.0 Å². The van der Waals surface area contributed by atoms with Gasteiger partial charge < -0.3 is 9.29 Å². The van der Waals surface area contributed by atoms with E-state index in [-0.39, 0.29) is 6.04 Å². The molecule has 1 N–H and O–H groups in total. The normalized spacial score (nSPS) is 18.6. The highest BCUT2D eigenvalue weighted by molar-refractivity contribution is 7.95. The van der Waals surface area contributed by atoms with Crippen molar-refractivity contribution in [2.24, 2.45) is 0 Å². The largest absolute Gasteiger partial charge is 0.593 e. The fourth-order valence-corrected chi connectivity index (χ4v) is 5.27. The first-order chi connectivity index (χ1) is 14.9. The monoisotopic (exact) mass is 436 g/mol. The number of hydrogen-bond donors (Lipinski definition) is 1. The average Bonchev–Trinajstić information content (AvgIpc) is 3.20. The molecule has 1 aliphatic heterocycles. The molecule has 0 bridgehead atoms. The second-order valence-corrected chi connectivity index (χ2v) is 9.77. The first-order valence-electron chi connectivity index (χ1n) is 10.5. The molecule has 1 heterocycles. The zero-order valence-corrected chi connectivity index (χ0v) is 18.7. The van der Waals surface area contributed by atoms with E-state index in [1.54, 1.807) is 19.2 Å². The SMILES string of the molecule is COc1ccccc1-c1ccc(CN2CCC(N[S+](=O)([O-])c3ccc(C)cc3)C2)cc1. The van der Waals surface area contributed by atoms with E-state index in [4.69, 9.17) is 4.74 Å². The van der Waals surface area contributed by atoms with Crippen molar-refractivity contribution in [3.05, 3.63) is 83.9 Å². The Bertz CT molecular complexity index is 1070. The molecule has 6 heteroatoms. The van der Waals surface area contributed by atoms with Crippen molar-refractivity contribution in [2.75, 3.05) is 20.2 Å². The summed E-state index contributed by atoms with van der Waals surface area (Å²) in [4.78, 5) is 2.61. The van der Waals surface area contributed by atoms with Gasteiger partial charge in [-0.1, -0.05) is 64.4 Å². The van der Waals surface area contributed by atoms with Gasteiger partial charge in [0.2, 0.25) is 0 Å². The Morgan fingerprint density at radius 2 is 1.77 bits per heavy atom. The topological polar surface area (TPSA) is 64.6 Å². The molecule has 3 aromatic carbocycles. The Morgan fingerprint density at radius 1 is 1.06 bits per heavy atom. The highest BCUT2D eigenvalue weighted by atomic mass is 32.3. The van der Waals surface area contributed by atoms with Gasteiger partial charge in [-0.3, -0.25) is 4.90 Å². The lowest BCUT2D eigenvalue weighted by Crippen LogP contribution is -2.40. The summed E-state index contributed by atoms with van der Waals surface area (Å²) in [6, 6.07) is 23.4. The van der Waals surface area contributed by atoms with Crippen molar-refractivity contribution in [3.8, 4) is 16.9 Å². The molecule has 0 aromatic heterocycles. The van der Waals surface area contributed by atoms with Crippen LogP contribution in [0.2, 0.25) is 0 Å². The number of ether oxygens (including phenoxy) is 1. The van der Waals surface area contributed by atoms with Crippen molar-refractivity contribution in [1.29, 1.82) is 0 Å². The maximum Gasteiger partial charge on any atom is 0.175 e. The number of para-hydroxylation sites is 1. The second-order valence-electron chi connectivity index (χ2n) is 8.05. The van der Waals surface area contributed by atoms with Crippen molar-refractivity contribution >= 4 is 10.4 Å². The number of sulfonamides is 1. The number of aryl methyl sites for hydroxylation is 1. The summed E-state index contributed by atoms with van der Waals surface area (Å²) in [7, 11) is -1.80. The first kappa shape index (κ1) is 21.7. The summed E-state index contributed by atoms with van der Waals surface area (Å²) in [5.41, 5.74) is 4.44. The molecule has 0 saturated carbocycles. The van der Waals surface area contributed by atoms with Gasteiger partial charge in [0.05, 0.1) is 13.2 Å². The molecule has 0 aliphatic carbocycles. The molecule has 31 heavy (non-hydrogen) atoms. The smallest absolute Gasteiger partial charge is 0.175 e. The molecule has 0 radical (unpaired) electrons. The molecule has 4 rings (SSSR count). The lowest BCUT2D eigenvalue weighted by Gasteiger charge is -2.20. The Morgan fingerprint density at radius 3 is 2.48 bits per heavy atom. The second kappa shape index (κ2) is 9.32. The van der Waals surface area contributed by atoms with Gasteiger partial charge in [-0.05, 0) is 42.7 Å². The Balaban J connectivity index is 1.36. The summed E-state index contributed by atoms with van der Waals surface area (Å²) in [6.07, 6.45) is 0.810. The van der Waals surface area contributed by atoms with Crippen molar-refractivity contribution in [3.63, 3.8) is 0 Å². The van der Waals surface area contributed by atoms with Gasteiger partial charge in [-0.25, -0.2) is 0 Å². The van der Waals surface area contributed by atoms with E-state index in [1.807, 2.05) is 37.3 Å². The highest BCUT2D eigenvalue weighted by Crippen LogP contribution is 2.30. The minimum absolute atomic E-state index is 0.0702. The van der Waals surface area contributed by atoms with Gasteiger partial charge in [0.25, 0.3) is 0 Å². The molecule has 162 valence electrons. The Kier molecular flexibility index (Phi) is 6.53. The standard InChI is InChI=1S/C25H28N2O3S/c1-19-7-13-23(14-8-19)31(28,29)26-22-15-16-27(18-22)17-20-9-11-21(12-10-20)24-5-3-4-6-25(24)30-2/h3-14,22H,15-18H2,1-2H3,(H-,26,28,29). The molecular formula is C25H28N2O3S. The van der Waals surface area contributed by atoms with E-state index in [0.29, 0.717) is 11.4 Å². The minimum Gasteiger partial charge on any atom is -0.593 e. The fraction of sp³-hybridized carbons (Fsp3) is 0.280. The predicted octanol–water partition coefficient (Wildman–Crippen LogP) is 4.44. The van der Waals surface area contributed by atoms with Gasteiger partial charge in [-0.15, -0.1) is 4.72 Å². The third-order valence-corrected chi connectivity index (χ3v) is 7.24. The Labute approximate surface area is 185 Å². The van der Waals surface area contributed by atoms with E-state index in [9.17, 15) is 8.76 Å². The van der Waals surface area contributed by atoms with Gasteiger partial charge in [0.15, 0.2) is 15.3 Å². The summed E-state index contributed by atoms with van der Waals surface area (Å²) < 4.78 is 33.6. The number of nitrogens with one attached hydrogen (secondary N) is 1. The van der Waals surface area contributed by atoms with E-state index < -0.39 is 10.4 Å². The third-order valence-electron chi connectivity index (χ3n) is 5.70. The van der Waals surface area contributed by atoms with Gasteiger partial charge >= 0.3 is 0 Å². The molecule has 5 nitrogen and oxygen atoms in total. The first-order valence-corrected chi connectivity index (χ1v) is 12.0. The molecule has 2 unspecified atom stereocenters. The number of methoxy groups -OCH3 is 1. The average molecular weight is 437 g/mol. The molecular weight excluding hydrogens is 408 g/mol. The minimum atomic E-state index is -3.49. The highest BCUT2D eigenvalue weighted by Gasteiger charge is 2.30. The number of likely N-dealkylation sites (tertiary alicyclic amines) is 1. The van der Waals surface area contributed by atoms with Crippen molar-refractivity contribution in [2.45, 2.75) is 30.8 Å². The van der Waals surface area contributed by atoms with Crippen LogP contribution in [0.15, 0.2) is 77.7 Å².